The summed E-state index contributed by atoms with van der Waals surface area (Å²) in [6.45, 7) is 5.41. The van der Waals surface area contributed by atoms with Crippen LogP contribution >= 0.6 is 11.6 Å². The van der Waals surface area contributed by atoms with Gasteiger partial charge in [-0.1, -0.05) is 43.5 Å². The zero-order chi connectivity index (χ0) is 22.2. The number of hydrogen-bond acceptors (Lipinski definition) is 4. The van der Waals surface area contributed by atoms with Crippen LogP contribution in [0.1, 0.15) is 32.6 Å². The second-order valence-corrected chi connectivity index (χ2v) is 9.31. The number of halogens is 1. The Morgan fingerprint density at radius 2 is 2.00 bits per heavy atom. The SMILES string of the molecule is CCCCCn1c(N2CCC3CN(C=O)CC32)cc(=O)n2cc(-c3ccc(Cl)cc3)nc12. The summed E-state index contributed by atoms with van der Waals surface area (Å²) in [5.41, 5.74) is 1.61. The van der Waals surface area contributed by atoms with Crippen molar-refractivity contribution in [3.63, 3.8) is 0 Å². The van der Waals surface area contributed by atoms with Crippen molar-refractivity contribution in [1.82, 2.24) is 18.9 Å². The number of nitrogens with zero attached hydrogens (tertiary/aromatic N) is 5. The first-order chi connectivity index (χ1) is 15.6. The number of rotatable bonds is 7. The highest BCUT2D eigenvalue weighted by Gasteiger charge is 2.42. The van der Waals surface area contributed by atoms with Crippen molar-refractivity contribution in [2.24, 2.45) is 5.92 Å². The molecule has 8 heteroatoms. The average Bonchev–Trinajstić information content (AvgIpc) is 3.50. The number of benzene rings is 1. The van der Waals surface area contributed by atoms with Gasteiger partial charge in [-0.15, -0.1) is 0 Å². The van der Waals surface area contributed by atoms with E-state index in [1.807, 2.05) is 35.4 Å². The van der Waals surface area contributed by atoms with Crippen LogP contribution in [0.15, 0.2) is 41.3 Å². The Kier molecular flexibility index (Phi) is 5.67. The Morgan fingerprint density at radius 3 is 2.75 bits per heavy atom. The van der Waals surface area contributed by atoms with E-state index in [0.29, 0.717) is 23.3 Å². The third-order valence-corrected chi connectivity index (χ3v) is 7.09. The Morgan fingerprint density at radius 1 is 1.19 bits per heavy atom. The van der Waals surface area contributed by atoms with Gasteiger partial charge in [-0.05, 0) is 25.0 Å². The maximum absolute atomic E-state index is 13.1. The molecule has 7 nitrogen and oxygen atoms in total. The molecule has 2 atom stereocenters. The molecule has 1 aromatic carbocycles. The van der Waals surface area contributed by atoms with Gasteiger partial charge in [0.25, 0.3) is 5.56 Å². The van der Waals surface area contributed by atoms with Crippen LogP contribution in [0.3, 0.4) is 0 Å². The number of hydrogen-bond donors (Lipinski definition) is 0. The molecule has 0 saturated carbocycles. The Hall–Kier alpha value is -2.80. The molecule has 168 valence electrons. The summed E-state index contributed by atoms with van der Waals surface area (Å²) in [7, 11) is 0. The fraction of sp³-hybridized carbons (Fsp3) is 0.458. The summed E-state index contributed by atoms with van der Waals surface area (Å²) >= 11 is 6.05. The highest BCUT2D eigenvalue weighted by molar-refractivity contribution is 6.30. The monoisotopic (exact) mass is 453 g/mol. The molecule has 0 bridgehead atoms. The van der Waals surface area contributed by atoms with Crippen LogP contribution in [-0.4, -0.2) is 50.9 Å². The molecule has 2 fully saturated rings. The summed E-state index contributed by atoms with van der Waals surface area (Å²) in [5, 5.41) is 0.670. The van der Waals surface area contributed by atoms with E-state index < -0.39 is 0 Å². The molecule has 2 unspecified atom stereocenters. The number of anilines is 1. The van der Waals surface area contributed by atoms with Gasteiger partial charge in [0.1, 0.15) is 5.82 Å². The number of fused-ring (bicyclic) bond motifs is 2. The van der Waals surface area contributed by atoms with Crippen LogP contribution in [0.2, 0.25) is 5.02 Å². The fourth-order valence-corrected chi connectivity index (χ4v) is 5.31. The summed E-state index contributed by atoms with van der Waals surface area (Å²) in [6, 6.07) is 9.53. The molecule has 0 aliphatic carbocycles. The van der Waals surface area contributed by atoms with E-state index in [1.165, 1.54) is 0 Å². The highest BCUT2D eigenvalue weighted by atomic mass is 35.5. The maximum Gasteiger partial charge on any atom is 0.261 e. The molecule has 1 amide bonds. The molecule has 32 heavy (non-hydrogen) atoms. The minimum absolute atomic E-state index is 0.0804. The maximum atomic E-state index is 13.1. The van der Waals surface area contributed by atoms with Crippen LogP contribution < -0.4 is 10.5 Å². The molecule has 5 rings (SSSR count). The summed E-state index contributed by atoms with van der Waals surface area (Å²) in [5.74, 6) is 2.05. The summed E-state index contributed by atoms with van der Waals surface area (Å²) in [4.78, 5) is 33.6. The molecular formula is C24H28ClN5O2. The quantitative estimate of drug-likeness (QED) is 0.404. The predicted octanol–water partition coefficient (Wildman–Crippen LogP) is 3.67. The normalized spacial score (nSPS) is 20.3. The van der Waals surface area contributed by atoms with Crippen molar-refractivity contribution in [1.29, 1.82) is 0 Å². The number of aromatic nitrogens is 3. The van der Waals surface area contributed by atoms with Crippen molar-refractivity contribution < 1.29 is 4.79 Å². The smallest absolute Gasteiger partial charge is 0.261 e. The van der Waals surface area contributed by atoms with Crippen LogP contribution in [0.5, 0.6) is 0 Å². The van der Waals surface area contributed by atoms with Gasteiger partial charge in [-0.3, -0.25) is 18.6 Å². The number of aryl methyl sites for hydroxylation is 1. The second kappa shape index (κ2) is 8.62. The molecule has 3 aromatic rings. The van der Waals surface area contributed by atoms with Gasteiger partial charge < -0.3 is 9.80 Å². The minimum Gasteiger partial charge on any atom is -0.353 e. The van der Waals surface area contributed by atoms with Crippen LogP contribution in [0, 0.1) is 5.92 Å². The van der Waals surface area contributed by atoms with Crippen molar-refractivity contribution in [3.05, 3.63) is 51.9 Å². The average molecular weight is 454 g/mol. The van der Waals surface area contributed by atoms with E-state index >= 15 is 0 Å². The number of imidazole rings is 1. The van der Waals surface area contributed by atoms with Crippen molar-refractivity contribution >= 4 is 29.6 Å². The molecule has 2 aliphatic heterocycles. The van der Waals surface area contributed by atoms with E-state index in [4.69, 9.17) is 16.6 Å². The van der Waals surface area contributed by atoms with Gasteiger partial charge >= 0.3 is 0 Å². The molecule has 0 N–H and O–H groups in total. The van der Waals surface area contributed by atoms with Crippen molar-refractivity contribution in [3.8, 4) is 11.3 Å². The Balaban J connectivity index is 1.60. The molecule has 2 aromatic heterocycles. The predicted molar refractivity (Wildman–Crippen MR) is 126 cm³/mol. The zero-order valence-corrected chi connectivity index (χ0v) is 19.0. The highest BCUT2D eigenvalue weighted by Crippen LogP contribution is 2.35. The first-order valence-electron chi connectivity index (χ1n) is 11.4. The van der Waals surface area contributed by atoms with Crippen LogP contribution in [0.4, 0.5) is 5.82 Å². The van der Waals surface area contributed by atoms with E-state index in [0.717, 1.165) is 68.8 Å². The number of unbranched alkanes of at least 4 members (excludes halogenated alkanes) is 2. The van der Waals surface area contributed by atoms with E-state index in [9.17, 15) is 9.59 Å². The standard InChI is InChI=1S/C24H28ClN5O2/c1-2-3-4-10-29-22(28-11-9-18-13-27(16-31)15-21(18)28)12-23(32)30-14-20(26-24(29)30)17-5-7-19(25)8-6-17/h5-8,12,14,16,18,21H,2-4,9-11,13,15H2,1H3. The lowest BCUT2D eigenvalue weighted by atomic mass is 10.1. The van der Waals surface area contributed by atoms with Gasteiger partial charge in [-0.2, -0.15) is 0 Å². The first-order valence-corrected chi connectivity index (χ1v) is 11.8. The Bertz CT molecular complexity index is 1190. The lowest BCUT2D eigenvalue weighted by Crippen LogP contribution is -2.38. The molecule has 0 radical (unpaired) electrons. The third-order valence-electron chi connectivity index (χ3n) is 6.84. The number of carbonyl (C=O) groups excluding carboxylic acids is 1. The topological polar surface area (TPSA) is 62.8 Å². The molecular weight excluding hydrogens is 426 g/mol. The van der Waals surface area contributed by atoms with E-state index in [-0.39, 0.29) is 11.6 Å². The largest absolute Gasteiger partial charge is 0.353 e. The second-order valence-electron chi connectivity index (χ2n) is 8.87. The third kappa shape index (κ3) is 3.68. The number of amides is 1. The lowest BCUT2D eigenvalue weighted by Gasteiger charge is -2.29. The molecule has 0 spiro atoms. The fourth-order valence-electron chi connectivity index (χ4n) is 5.18. The summed E-state index contributed by atoms with van der Waals surface area (Å²) in [6.07, 6.45) is 7.06. The lowest BCUT2D eigenvalue weighted by molar-refractivity contribution is -0.117. The Labute approximate surface area is 192 Å². The van der Waals surface area contributed by atoms with Crippen molar-refractivity contribution in [2.45, 2.75) is 45.2 Å². The minimum atomic E-state index is -0.0804. The van der Waals surface area contributed by atoms with Gasteiger partial charge in [0.2, 0.25) is 12.2 Å². The number of carbonyl (C=O) groups is 1. The molecule has 2 saturated heterocycles. The van der Waals surface area contributed by atoms with Gasteiger partial charge in [0.05, 0.1) is 11.7 Å². The molecule has 2 aliphatic rings. The summed E-state index contributed by atoms with van der Waals surface area (Å²) < 4.78 is 3.85. The molecule has 4 heterocycles. The zero-order valence-electron chi connectivity index (χ0n) is 18.3. The van der Waals surface area contributed by atoms with Crippen LogP contribution in [-0.2, 0) is 11.3 Å². The van der Waals surface area contributed by atoms with Gasteiger partial charge in [0, 0.05) is 54.9 Å². The van der Waals surface area contributed by atoms with Crippen molar-refractivity contribution in [2.75, 3.05) is 24.5 Å². The van der Waals surface area contributed by atoms with Crippen LogP contribution in [0.25, 0.3) is 17.0 Å². The van der Waals surface area contributed by atoms with Gasteiger partial charge in [-0.25, -0.2) is 4.98 Å². The first kappa shape index (κ1) is 21.1. The van der Waals surface area contributed by atoms with E-state index in [2.05, 4.69) is 16.4 Å². The number of likely N-dealkylation sites (tertiary alicyclic amines) is 1. The van der Waals surface area contributed by atoms with Gasteiger partial charge in [0.15, 0.2) is 0 Å². The van der Waals surface area contributed by atoms with E-state index in [1.54, 1.807) is 10.5 Å².